The van der Waals surface area contributed by atoms with Crippen LogP contribution in [0.3, 0.4) is 0 Å². The molecule has 0 aliphatic carbocycles. The van der Waals surface area contributed by atoms with Gasteiger partial charge < -0.3 is 9.47 Å². The van der Waals surface area contributed by atoms with Crippen LogP contribution in [0.15, 0.2) is 48.5 Å². The molecule has 0 aliphatic heterocycles. The van der Waals surface area contributed by atoms with Gasteiger partial charge in [-0.05, 0) is 94.5 Å². The van der Waals surface area contributed by atoms with Gasteiger partial charge in [0, 0.05) is 0 Å². The minimum Gasteiger partial charge on any atom is -0.496 e. The number of halogens is 1. The Morgan fingerprint density at radius 3 is 1.40 bits per heavy atom. The van der Waals surface area contributed by atoms with Crippen LogP contribution < -0.4 is 9.47 Å². The summed E-state index contributed by atoms with van der Waals surface area (Å²) in [5.74, 6) is 1.54. The highest BCUT2D eigenvalue weighted by Crippen LogP contribution is 2.22. The molecule has 162 valence electrons. The second-order valence-corrected chi connectivity index (χ2v) is 7.64. The van der Waals surface area contributed by atoms with E-state index in [0.717, 1.165) is 17.1 Å². The average Bonchev–Trinajstić information content (AvgIpc) is 2.68. The van der Waals surface area contributed by atoms with E-state index in [0.29, 0.717) is 5.56 Å². The van der Waals surface area contributed by atoms with Crippen molar-refractivity contribution in [2.45, 2.75) is 48.5 Å². The molecule has 0 saturated heterocycles. The van der Waals surface area contributed by atoms with Gasteiger partial charge >= 0.3 is 0 Å². The highest BCUT2D eigenvalue weighted by atomic mass is 19.1. The van der Waals surface area contributed by atoms with E-state index in [-0.39, 0.29) is 5.82 Å². The van der Waals surface area contributed by atoms with Crippen LogP contribution in [0.2, 0.25) is 0 Å². The Kier molecular flexibility index (Phi) is 10.1. The minimum absolute atomic E-state index is 0.177. The molecule has 0 aromatic heterocycles. The zero-order valence-electron chi connectivity index (χ0n) is 19.8. The fraction of sp³-hybridized carbons (Fsp3) is 0.333. The first kappa shape index (κ1) is 25.2. The summed E-state index contributed by atoms with van der Waals surface area (Å²) < 4.78 is 23.0. The Morgan fingerprint density at radius 2 is 0.967 bits per heavy atom. The van der Waals surface area contributed by atoms with E-state index in [1.54, 1.807) is 27.2 Å². The highest BCUT2D eigenvalue weighted by molar-refractivity contribution is 5.40. The molecule has 0 radical (unpaired) electrons. The number of benzene rings is 3. The number of hydrogen-bond acceptors (Lipinski definition) is 2. The van der Waals surface area contributed by atoms with Gasteiger partial charge in [-0.15, -0.1) is 0 Å². The monoisotopic (exact) mass is 410 g/mol. The van der Waals surface area contributed by atoms with E-state index in [4.69, 9.17) is 9.47 Å². The van der Waals surface area contributed by atoms with E-state index in [2.05, 4.69) is 71.0 Å². The molecule has 2 nitrogen and oxygen atoms in total. The third-order valence-corrected chi connectivity index (χ3v) is 4.86. The molecular formula is C27H35FO2. The van der Waals surface area contributed by atoms with Gasteiger partial charge in [-0.25, -0.2) is 4.39 Å². The predicted molar refractivity (Wildman–Crippen MR) is 126 cm³/mol. The lowest BCUT2D eigenvalue weighted by atomic mass is 10.1. The van der Waals surface area contributed by atoms with Crippen molar-refractivity contribution >= 4 is 0 Å². The topological polar surface area (TPSA) is 18.5 Å². The minimum atomic E-state index is -0.177. The lowest BCUT2D eigenvalue weighted by Gasteiger charge is -2.07. The fourth-order valence-electron chi connectivity index (χ4n) is 2.94. The molecule has 0 heterocycles. The summed E-state index contributed by atoms with van der Waals surface area (Å²) in [6, 6.07) is 15.8. The Bertz CT molecular complexity index is 887. The molecule has 0 N–H and O–H groups in total. The van der Waals surface area contributed by atoms with E-state index in [1.165, 1.54) is 33.9 Å². The van der Waals surface area contributed by atoms with Gasteiger partial charge in [0.2, 0.25) is 0 Å². The lowest BCUT2D eigenvalue weighted by Crippen LogP contribution is -1.90. The fourth-order valence-corrected chi connectivity index (χ4v) is 2.94. The summed E-state index contributed by atoms with van der Waals surface area (Å²) in [5.41, 5.74) is 7.93. The second kappa shape index (κ2) is 12.0. The first-order valence-corrected chi connectivity index (χ1v) is 10.0. The van der Waals surface area contributed by atoms with Crippen molar-refractivity contribution < 1.29 is 13.9 Å². The Labute approximate surface area is 181 Å². The summed E-state index contributed by atoms with van der Waals surface area (Å²) in [6.07, 6.45) is 0. The van der Waals surface area contributed by atoms with E-state index >= 15 is 0 Å². The maximum atomic E-state index is 12.8. The zero-order valence-corrected chi connectivity index (χ0v) is 19.8. The van der Waals surface area contributed by atoms with Crippen LogP contribution in [-0.4, -0.2) is 14.2 Å². The van der Waals surface area contributed by atoms with Crippen LogP contribution in [0.1, 0.15) is 38.9 Å². The summed E-state index contributed by atoms with van der Waals surface area (Å²) in [7, 11) is 3.29. The molecular weight excluding hydrogens is 375 g/mol. The van der Waals surface area contributed by atoms with Crippen molar-refractivity contribution in [1.82, 2.24) is 0 Å². The Balaban J connectivity index is 0.000000228. The molecule has 0 aliphatic rings. The quantitative estimate of drug-likeness (QED) is 0.439. The molecule has 0 bridgehead atoms. The maximum Gasteiger partial charge on any atom is 0.126 e. The molecule has 0 amide bonds. The van der Waals surface area contributed by atoms with Crippen molar-refractivity contribution in [3.8, 4) is 11.5 Å². The average molecular weight is 411 g/mol. The first-order valence-electron chi connectivity index (χ1n) is 10.0. The van der Waals surface area contributed by atoms with Crippen molar-refractivity contribution in [3.05, 3.63) is 93.3 Å². The number of rotatable bonds is 2. The highest BCUT2D eigenvalue weighted by Gasteiger charge is 2.02. The van der Waals surface area contributed by atoms with Crippen LogP contribution >= 0.6 is 0 Å². The van der Waals surface area contributed by atoms with Gasteiger partial charge in [0.05, 0.1) is 14.2 Å². The molecule has 0 fully saturated rings. The number of aryl methyl sites for hydroxylation is 7. The molecule has 0 unspecified atom stereocenters. The summed E-state index contributed by atoms with van der Waals surface area (Å²) in [6.45, 7) is 14.0. The van der Waals surface area contributed by atoms with E-state index in [9.17, 15) is 4.39 Å². The third kappa shape index (κ3) is 7.90. The van der Waals surface area contributed by atoms with Crippen LogP contribution in [0.4, 0.5) is 4.39 Å². The van der Waals surface area contributed by atoms with Gasteiger partial charge in [0.15, 0.2) is 0 Å². The predicted octanol–water partition coefficient (Wildman–Crippen LogP) is 7.38. The maximum absolute atomic E-state index is 12.8. The van der Waals surface area contributed by atoms with Crippen LogP contribution in [0.25, 0.3) is 0 Å². The zero-order chi connectivity index (χ0) is 22.8. The van der Waals surface area contributed by atoms with Crippen molar-refractivity contribution in [2.75, 3.05) is 14.2 Å². The molecule has 0 saturated carbocycles. The van der Waals surface area contributed by atoms with Gasteiger partial charge in [-0.3, -0.25) is 0 Å². The van der Waals surface area contributed by atoms with Gasteiger partial charge in [0.1, 0.15) is 17.3 Å². The first-order chi connectivity index (χ1) is 14.1. The summed E-state index contributed by atoms with van der Waals surface area (Å²) >= 11 is 0. The van der Waals surface area contributed by atoms with Gasteiger partial charge in [-0.2, -0.15) is 0 Å². The number of ether oxygens (including phenoxy) is 2. The van der Waals surface area contributed by atoms with Crippen LogP contribution in [-0.2, 0) is 0 Å². The third-order valence-electron chi connectivity index (χ3n) is 4.86. The molecule has 3 heteroatoms. The van der Waals surface area contributed by atoms with Gasteiger partial charge in [-0.1, -0.05) is 41.5 Å². The Morgan fingerprint density at radius 1 is 0.533 bits per heavy atom. The van der Waals surface area contributed by atoms with Crippen LogP contribution in [0, 0.1) is 54.3 Å². The van der Waals surface area contributed by atoms with Crippen molar-refractivity contribution in [2.24, 2.45) is 0 Å². The standard InChI is InChI=1S/C10H14O.C9H11FO.C8H10/c1-7-5-9(3)10(11-4)6-8(7)2;1-6-5-9(11-3)7(2)4-8(6)10;1-7-4-3-5-8(2)6-7/h5-6H,1-4H3;4-5H,1-3H3;3-6H,1-2H3. The van der Waals surface area contributed by atoms with Crippen molar-refractivity contribution in [3.63, 3.8) is 0 Å². The SMILES string of the molecule is COc1cc(C)c(C)cc1C.COc1cc(C)c(F)cc1C.Cc1cccc(C)c1. The summed E-state index contributed by atoms with van der Waals surface area (Å²) in [4.78, 5) is 0. The second-order valence-electron chi connectivity index (χ2n) is 7.64. The summed E-state index contributed by atoms with van der Waals surface area (Å²) in [5, 5.41) is 0. The molecule has 3 rings (SSSR count). The smallest absolute Gasteiger partial charge is 0.126 e. The number of hydrogen-bond donors (Lipinski definition) is 0. The molecule has 3 aromatic rings. The molecule has 0 atom stereocenters. The number of methoxy groups -OCH3 is 2. The lowest BCUT2D eigenvalue weighted by molar-refractivity contribution is 0.410. The molecule has 30 heavy (non-hydrogen) atoms. The van der Waals surface area contributed by atoms with E-state index in [1.807, 2.05) is 6.92 Å². The largest absolute Gasteiger partial charge is 0.496 e. The Hall–Kier alpha value is -2.81. The van der Waals surface area contributed by atoms with Crippen molar-refractivity contribution in [1.29, 1.82) is 0 Å². The van der Waals surface area contributed by atoms with Crippen LogP contribution in [0.5, 0.6) is 11.5 Å². The van der Waals surface area contributed by atoms with E-state index < -0.39 is 0 Å². The molecule has 3 aromatic carbocycles. The molecule has 0 spiro atoms. The van der Waals surface area contributed by atoms with Gasteiger partial charge in [0.25, 0.3) is 0 Å². The normalized spacial score (nSPS) is 9.67.